The summed E-state index contributed by atoms with van der Waals surface area (Å²) in [5, 5.41) is 13.8. The van der Waals surface area contributed by atoms with Gasteiger partial charge in [0.15, 0.2) is 0 Å². The normalized spacial score (nSPS) is 9.90. The van der Waals surface area contributed by atoms with Crippen LogP contribution < -0.4 is 21.3 Å². The molecule has 104 valence electrons. The maximum atomic E-state index is 10.8. The van der Waals surface area contributed by atoms with Crippen molar-refractivity contribution in [2.24, 2.45) is 5.84 Å². The molecule has 0 bridgehead atoms. The molecule has 0 unspecified atom stereocenters. The van der Waals surface area contributed by atoms with E-state index < -0.39 is 4.92 Å². The quantitative estimate of drug-likeness (QED) is 0.434. The van der Waals surface area contributed by atoms with E-state index in [2.05, 4.69) is 15.7 Å². The van der Waals surface area contributed by atoms with Gasteiger partial charge in [-0.2, -0.15) is 0 Å². The molecule has 0 saturated carbocycles. The third kappa shape index (κ3) is 3.12. The second-order valence-corrected chi connectivity index (χ2v) is 3.85. The van der Waals surface area contributed by atoms with Crippen LogP contribution in [0.3, 0.4) is 0 Å². The van der Waals surface area contributed by atoms with E-state index >= 15 is 0 Å². The molecule has 0 aliphatic carbocycles. The topological polar surface area (TPSA) is 115 Å². The third-order valence-corrected chi connectivity index (χ3v) is 2.51. The Balaban J connectivity index is 2.32. The van der Waals surface area contributed by atoms with Gasteiger partial charge in [0.1, 0.15) is 17.4 Å². The predicted molar refractivity (Wildman–Crippen MR) is 75.0 cm³/mol. The van der Waals surface area contributed by atoms with Crippen LogP contribution >= 0.6 is 0 Å². The molecule has 2 aromatic rings. The molecule has 1 heterocycles. The lowest BCUT2D eigenvalue weighted by atomic mass is 10.3. The maximum absolute atomic E-state index is 10.8. The van der Waals surface area contributed by atoms with Gasteiger partial charge in [0.25, 0.3) is 5.69 Å². The van der Waals surface area contributed by atoms with Crippen LogP contribution in [0.2, 0.25) is 0 Å². The predicted octanol–water partition coefficient (Wildman–Crippen LogP) is 2.03. The molecule has 0 fully saturated rings. The first kappa shape index (κ1) is 13.6. The van der Waals surface area contributed by atoms with Gasteiger partial charge >= 0.3 is 0 Å². The van der Waals surface area contributed by atoms with Crippen LogP contribution in [0.5, 0.6) is 5.75 Å². The molecule has 0 amide bonds. The molecule has 0 aliphatic rings. The van der Waals surface area contributed by atoms with E-state index in [-0.39, 0.29) is 11.5 Å². The van der Waals surface area contributed by atoms with Crippen molar-refractivity contribution in [3.63, 3.8) is 0 Å². The standard InChI is InChI=1S/C12H13N5O3/c1-20-10-4-2-3-8(5-10)14-11-6-9(17(18)19)7-12(15-11)16-13/h2-7H,13H2,1H3,(H2,14,15,16). The Kier molecular flexibility index (Phi) is 3.96. The molecule has 4 N–H and O–H groups in total. The minimum Gasteiger partial charge on any atom is -0.497 e. The number of nitrogens with zero attached hydrogens (tertiary/aromatic N) is 2. The van der Waals surface area contributed by atoms with Crippen LogP contribution in [0.15, 0.2) is 36.4 Å². The number of hydrogen-bond donors (Lipinski definition) is 3. The summed E-state index contributed by atoms with van der Waals surface area (Å²) in [4.78, 5) is 14.4. The zero-order valence-electron chi connectivity index (χ0n) is 10.7. The summed E-state index contributed by atoms with van der Waals surface area (Å²) in [6.07, 6.45) is 0. The molecule has 1 aromatic heterocycles. The number of methoxy groups -OCH3 is 1. The van der Waals surface area contributed by atoms with Gasteiger partial charge < -0.3 is 15.5 Å². The molecule has 0 radical (unpaired) electrons. The minimum absolute atomic E-state index is 0.113. The monoisotopic (exact) mass is 275 g/mol. The fourth-order valence-corrected chi connectivity index (χ4v) is 1.61. The first-order valence-electron chi connectivity index (χ1n) is 5.66. The highest BCUT2D eigenvalue weighted by molar-refractivity contribution is 5.63. The van der Waals surface area contributed by atoms with Crippen molar-refractivity contribution < 1.29 is 9.66 Å². The van der Waals surface area contributed by atoms with E-state index in [1.54, 1.807) is 31.4 Å². The Morgan fingerprint density at radius 1 is 1.30 bits per heavy atom. The number of nitro groups is 1. The summed E-state index contributed by atoms with van der Waals surface area (Å²) in [7, 11) is 1.56. The molecular formula is C12H13N5O3. The first-order chi connectivity index (χ1) is 9.62. The van der Waals surface area contributed by atoms with E-state index in [4.69, 9.17) is 10.6 Å². The SMILES string of the molecule is COc1cccc(Nc2cc([N+](=O)[O-])cc(NN)n2)c1. The molecule has 8 nitrogen and oxygen atoms in total. The van der Waals surface area contributed by atoms with Crippen molar-refractivity contribution in [2.75, 3.05) is 17.9 Å². The second-order valence-electron chi connectivity index (χ2n) is 3.85. The van der Waals surface area contributed by atoms with Crippen LogP contribution in [-0.4, -0.2) is 17.0 Å². The Labute approximate surface area is 114 Å². The lowest BCUT2D eigenvalue weighted by Gasteiger charge is -2.08. The number of nitrogens with one attached hydrogen (secondary N) is 2. The highest BCUT2D eigenvalue weighted by Crippen LogP contribution is 2.24. The van der Waals surface area contributed by atoms with Gasteiger partial charge in [-0.1, -0.05) is 6.07 Å². The van der Waals surface area contributed by atoms with Crippen LogP contribution in [0.25, 0.3) is 0 Å². The van der Waals surface area contributed by atoms with Crippen molar-refractivity contribution in [1.29, 1.82) is 0 Å². The van der Waals surface area contributed by atoms with Gasteiger partial charge in [-0.25, -0.2) is 10.8 Å². The summed E-state index contributed by atoms with van der Waals surface area (Å²) < 4.78 is 5.10. The first-order valence-corrected chi connectivity index (χ1v) is 5.66. The van der Waals surface area contributed by atoms with Crippen molar-refractivity contribution >= 4 is 23.0 Å². The van der Waals surface area contributed by atoms with Crippen LogP contribution in [-0.2, 0) is 0 Å². The van der Waals surface area contributed by atoms with E-state index in [1.807, 2.05) is 0 Å². The fraction of sp³-hybridized carbons (Fsp3) is 0.0833. The largest absolute Gasteiger partial charge is 0.497 e. The highest BCUT2D eigenvalue weighted by atomic mass is 16.6. The van der Waals surface area contributed by atoms with Gasteiger partial charge in [0.05, 0.1) is 24.2 Å². The Morgan fingerprint density at radius 2 is 2.05 bits per heavy atom. The molecule has 8 heteroatoms. The van der Waals surface area contributed by atoms with Gasteiger partial charge in [-0.15, -0.1) is 0 Å². The number of hydrogen-bond acceptors (Lipinski definition) is 7. The molecule has 1 aromatic carbocycles. The third-order valence-electron chi connectivity index (χ3n) is 2.51. The van der Waals surface area contributed by atoms with Crippen LogP contribution in [0, 0.1) is 10.1 Å². The number of anilines is 3. The minimum atomic E-state index is -0.515. The molecule has 0 atom stereocenters. The van der Waals surface area contributed by atoms with Crippen molar-refractivity contribution in [1.82, 2.24) is 4.98 Å². The second kappa shape index (κ2) is 5.85. The van der Waals surface area contributed by atoms with E-state index in [0.29, 0.717) is 17.3 Å². The van der Waals surface area contributed by atoms with Crippen LogP contribution in [0.1, 0.15) is 0 Å². The lowest BCUT2D eigenvalue weighted by Crippen LogP contribution is -2.10. The number of nitrogen functional groups attached to an aromatic ring is 1. The van der Waals surface area contributed by atoms with E-state index in [0.717, 1.165) is 0 Å². The number of nitrogens with two attached hydrogens (primary N) is 1. The molecule has 20 heavy (non-hydrogen) atoms. The van der Waals surface area contributed by atoms with Gasteiger partial charge in [-0.3, -0.25) is 10.1 Å². The average molecular weight is 275 g/mol. The van der Waals surface area contributed by atoms with E-state index in [9.17, 15) is 10.1 Å². The molecular weight excluding hydrogens is 262 g/mol. The number of benzene rings is 1. The number of aromatic nitrogens is 1. The Hall–Kier alpha value is -2.87. The molecule has 0 spiro atoms. The van der Waals surface area contributed by atoms with Crippen LogP contribution in [0.4, 0.5) is 23.0 Å². The summed E-state index contributed by atoms with van der Waals surface area (Å²) in [6.45, 7) is 0. The highest BCUT2D eigenvalue weighted by Gasteiger charge is 2.11. The molecule has 2 rings (SSSR count). The number of hydrazine groups is 1. The summed E-state index contributed by atoms with van der Waals surface area (Å²) in [5.41, 5.74) is 2.87. The Bertz CT molecular complexity index is 632. The Morgan fingerprint density at radius 3 is 2.70 bits per heavy atom. The van der Waals surface area contributed by atoms with E-state index in [1.165, 1.54) is 12.1 Å². The van der Waals surface area contributed by atoms with Gasteiger partial charge in [0, 0.05) is 11.8 Å². The summed E-state index contributed by atoms with van der Waals surface area (Å²) in [5.74, 6) is 6.41. The lowest BCUT2D eigenvalue weighted by molar-refractivity contribution is -0.384. The maximum Gasteiger partial charge on any atom is 0.276 e. The van der Waals surface area contributed by atoms with Crippen molar-refractivity contribution in [3.8, 4) is 5.75 Å². The molecule has 0 saturated heterocycles. The number of rotatable bonds is 5. The number of ether oxygens (including phenoxy) is 1. The smallest absolute Gasteiger partial charge is 0.276 e. The van der Waals surface area contributed by atoms with Gasteiger partial charge in [-0.05, 0) is 12.1 Å². The summed E-state index contributed by atoms with van der Waals surface area (Å²) >= 11 is 0. The van der Waals surface area contributed by atoms with Gasteiger partial charge in [0.2, 0.25) is 0 Å². The van der Waals surface area contributed by atoms with Crippen molar-refractivity contribution in [3.05, 3.63) is 46.5 Å². The molecule has 0 aliphatic heterocycles. The average Bonchev–Trinajstić information content (AvgIpc) is 2.47. The zero-order chi connectivity index (χ0) is 14.5. The fourth-order valence-electron chi connectivity index (χ4n) is 1.61. The summed E-state index contributed by atoms with van der Waals surface area (Å²) in [6, 6.07) is 9.69. The number of pyridine rings is 1. The van der Waals surface area contributed by atoms with Crippen molar-refractivity contribution in [2.45, 2.75) is 0 Å². The zero-order valence-corrected chi connectivity index (χ0v) is 10.7.